The van der Waals surface area contributed by atoms with Gasteiger partial charge in [-0.1, -0.05) is 18.2 Å². The number of nitro benzene ring substituents is 1. The van der Waals surface area contributed by atoms with Crippen molar-refractivity contribution in [3.05, 3.63) is 45.8 Å². The van der Waals surface area contributed by atoms with E-state index in [1.54, 1.807) is 12.1 Å². The van der Waals surface area contributed by atoms with E-state index in [0.717, 1.165) is 5.57 Å². The average molecular weight is 223 g/mol. The Hall–Kier alpha value is -1.75. The highest BCUT2D eigenvalue weighted by Crippen LogP contribution is 2.28. The number of ether oxygens (including phenoxy) is 1. The van der Waals surface area contributed by atoms with Crippen molar-refractivity contribution in [2.75, 3.05) is 13.2 Å². The Morgan fingerprint density at radius 3 is 2.88 bits per heavy atom. The van der Waals surface area contributed by atoms with Crippen molar-refractivity contribution in [3.8, 4) is 0 Å². The van der Waals surface area contributed by atoms with Crippen molar-refractivity contribution >= 4 is 11.3 Å². The van der Waals surface area contributed by atoms with Crippen LogP contribution in [-0.2, 0) is 4.74 Å². The first kappa shape index (κ1) is 10.8. The SMILES string of the molecule is O=[N+]([O-])c1cccc(C2=CCOCC2)c1F. The summed E-state index contributed by atoms with van der Waals surface area (Å²) >= 11 is 0. The van der Waals surface area contributed by atoms with Crippen LogP contribution >= 0.6 is 0 Å². The third-order valence-corrected chi connectivity index (χ3v) is 2.48. The molecule has 0 atom stereocenters. The van der Waals surface area contributed by atoms with Gasteiger partial charge >= 0.3 is 5.69 Å². The quantitative estimate of drug-likeness (QED) is 0.571. The minimum absolute atomic E-state index is 0.303. The van der Waals surface area contributed by atoms with Gasteiger partial charge in [-0.3, -0.25) is 10.1 Å². The summed E-state index contributed by atoms with van der Waals surface area (Å²) in [6, 6.07) is 4.21. The Balaban J connectivity index is 2.45. The Bertz CT molecular complexity index is 457. The Morgan fingerprint density at radius 1 is 1.44 bits per heavy atom. The van der Waals surface area contributed by atoms with Gasteiger partial charge in [-0.2, -0.15) is 4.39 Å². The summed E-state index contributed by atoms with van der Waals surface area (Å²) in [6.45, 7) is 0.950. The second kappa shape index (κ2) is 4.40. The van der Waals surface area contributed by atoms with E-state index < -0.39 is 16.4 Å². The van der Waals surface area contributed by atoms with E-state index in [-0.39, 0.29) is 0 Å². The van der Waals surface area contributed by atoms with Crippen LogP contribution < -0.4 is 0 Å². The molecule has 1 aromatic carbocycles. The lowest BCUT2D eigenvalue weighted by molar-refractivity contribution is -0.387. The van der Waals surface area contributed by atoms with Crippen LogP contribution in [0.5, 0.6) is 0 Å². The average Bonchev–Trinajstić information content (AvgIpc) is 2.30. The summed E-state index contributed by atoms with van der Waals surface area (Å²) in [6.07, 6.45) is 2.34. The zero-order chi connectivity index (χ0) is 11.5. The fourth-order valence-corrected chi connectivity index (χ4v) is 1.68. The number of nitro groups is 1. The standard InChI is InChI=1S/C11H10FNO3/c12-11-9(8-4-6-16-7-5-8)2-1-3-10(11)13(14)15/h1-4H,5-7H2. The first-order chi connectivity index (χ1) is 7.70. The van der Waals surface area contributed by atoms with E-state index in [9.17, 15) is 14.5 Å². The molecule has 2 rings (SSSR count). The lowest BCUT2D eigenvalue weighted by atomic mass is 10.0. The molecule has 4 nitrogen and oxygen atoms in total. The zero-order valence-electron chi connectivity index (χ0n) is 8.48. The van der Waals surface area contributed by atoms with E-state index in [1.165, 1.54) is 12.1 Å². The molecule has 5 heteroatoms. The minimum atomic E-state index is -0.763. The summed E-state index contributed by atoms with van der Waals surface area (Å²) in [4.78, 5) is 9.87. The number of benzene rings is 1. The molecule has 0 saturated heterocycles. The van der Waals surface area contributed by atoms with E-state index in [4.69, 9.17) is 4.74 Å². The molecule has 0 aromatic heterocycles. The highest BCUT2D eigenvalue weighted by atomic mass is 19.1. The van der Waals surface area contributed by atoms with E-state index in [0.29, 0.717) is 25.2 Å². The third kappa shape index (κ3) is 1.94. The third-order valence-electron chi connectivity index (χ3n) is 2.48. The van der Waals surface area contributed by atoms with Gasteiger partial charge in [0.25, 0.3) is 0 Å². The molecule has 1 aromatic rings. The fourth-order valence-electron chi connectivity index (χ4n) is 1.68. The molecule has 0 fully saturated rings. The molecule has 0 aliphatic carbocycles. The number of hydrogen-bond donors (Lipinski definition) is 0. The molecule has 0 radical (unpaired) electrons. The summed E-state index contributed by atoms with van der Waals surface area (Å²) in [5, 5.41) is 10.6. The predicted octanol–water partition coefficient (Wildman–Crippen LogP) is 2.54. The molecule has 84 valence electrons. The maximum atomic E-state index is 13.8. The van der Waals surface area contributed by atoms with Crippen LogP contribution in [0.1, 0.15) is 12.0 Å². The second-order valence-electron chi connectivity index (χ2n) is 3.45. The molecule has 0 saturated carbocycles. The van der Waals surface area contributed by atoms with Crippen LogP contribution in [-0.4, -0.2) is 18.1 Å². The number of rotatable bonds is 2. The van der Waals surface area contributed by atoms with Gasteiger partial charge in [0, 0.05) is 11.6 Å². The van der Waals surface area contributed by atoms with Gasteiger partial charge in [0.1, 0.15) is 0 Å². The second-order valence-corrected chi connectivity index (χ2v) is 3.45. The van der Waals surface area contributed by atoms with E-state index in [2.05, 4.69) is 0 Å². The summed E-state index contributed by atoms with van der Waals surface area (Å²) in [5.74, 6) is -0.763. The predicted molar refractivity (Wildman–Crippen MR) is 56.5 cm³/mol. The van der Waals surface area contributed by atoms with Crippen molar-refractivity contribution in [2.45, 2.75) is 6.42 Å². The molecule has 0 amide bonds. The van der Waals surface area contributed by atoms with Crippen molar-refractivity contribution in [1.29, 1.82) is 0 Å². The highest BCUT2D eigenvalue weighted by molar-refractivity contribution is 5.68. The maximum Gasteiger partial charge on any atom is 0.305 e. The van der Waals surface area contributed by atoms with Crippen LogP contribution in [0.3, 0.4) is 0 Å². The smallest absolute Gasteiger partial charge is 0.305 e. The van der Waals surface area contributed by atoms with Crippen molar-refractivity contribution in [2.24, 2.45) is 0 Å². The summed E-state index contributed by atoms with van der Waals surface area (Å²) in [5.41, 5.74) is 0.592. The van der Waals surface area contributed by atoms with Crippen molar-refractivity contribution in [1.82, 2.24) is 0 Å². The monoisotopic (exact) mass is 223 g/mol. The zero-order valence-corrected chi connectivity index (χ0v) is 8.48. The molecule has 1 heterocycles. The maximum absolute atomic E-state index is 13.8. The van der Waals surface area contributed by atoms with Crippen molar-refractivity contribution in [3.63, 3.8) is 0 Å². The van der Waals surface area contributed by atoms with Gasteiger partial charge in [0.15, 0.2) is 0 Å². The largest absolute Gasteiger partial charge is 0.377 e. The van der Waals surface area contributed by atoms with Crippen LogP contribution in [0.25, 0.3) is 5.57 Å². The minimum Gasteiger partial charge on any atom is -0.377 e. The molecule has 16 heavy (non-hydrogen) atoms. The number of hydrogen-bond acceptors (Lipinski definition) is 3. The molecular weight excluding hydrogens is 213 g/mol. The molecule has 0 N–H and O–H groups in total. The van der Waals surface area contributed by atoms with Crippen molar-refractivity contribution < 1.29 is 14.1 Å². The van der Waals surface area contributed by atoms with Crippen LogP contribution in [0.2, 0.25) is 0 Å². The van der Waals surface area contributed by atoms with E-state index in [1.807, 2.05) is 0 Å². The van der Waals surface area contributed by atoms with Gasteiger partial charge in [-0.05, 0) is 12.0 Å². The Morgan fingerprint density at radius 2 is 2.25 bits per heavy atom. The normalized spacial score (nSPS) is 15.7. The summed E-state index contributed by atoms with van der Waals surface area (Å²) in [7, 11) is 0. The Kier molecular flexibility index (Phi) is 2.96. The van der Waals surface area contributed by atoms with Crippen LogP contribution in [0.4, 0.5) is 10.1 Å². The Labute approximate surface area is 91.5 Å². The van der Waals surface area contributed by atoms with Crippen LogP contribution in [0, 0.1) is 15.9 Å². The van der Waals surface area contributed by atoms with Gasteiger partial charge in [-0.15, -0.1) is 0 Å². The van der Waals surface area contributed by atoms with Gasteiger partial charge in [0.05, 0.1) is 18.1 Å². The molecule has 1 aliphatic heterocycles. The number of halogens is 1. The molecule has 0 unspecified atom stereocenters. The van der Waals surface area contributed by atoms with Gasteiger partial charge in [0.2, 0.25) is 5.82 Å². The fraction of sp³-hybridized carbons (Fsp3) is 0.273. The lowest BCUT2D eigenvalue weighted by Crippen LogP contribution is -2.05. The molecular formula is C11H10FNO3. The summed E-state index contributed by atoms with van der Waals surface area (Å²) < 4.78 is 18.9. The first-order valence-corrected chi connectivity index (χ1v) is 4.90. The molecule has 0 spiro atoms. The molecule has 1 aliphatic rings. The van der Waals surface area contributed by atoms with E-state index >= 15 is 0 Å². The first-order valence-electron chi connectivity index (χ1n) is 4.90. The number of nitrogens with zero attached hydrogens (tertiary/aromatic N) is 1. The lowest BCUT2D eigenvalue weighted by Gasteiger charge is -2.14. The van der Waals surface area contributed by atoms with Gasteiger partial charge in [-0.25, -0.2) is 0 Å². The van der Waals surface area contributed by atoms with Crippen LogP contribution in [0.15, 0.2) is 24.3 Å². The molecule has 0 bridgehead atoms. The highest BCUT2D eigenvalue weighted by Gasteiger charge is 2.19. The topological polar surface area (TPSA) is 52.4 Å². The van der Waals surface area contributed by atoms with Gasteiger partial charge < -0.3 is 4.74 Å².